The van der Waals surface area contributed by atoms with Gasteiger partial charge in [-0.25, -0.2) is 0 Å². The van der Waals surface area contributed by atoms with Crippen molar-refractivity contribution in [3.8, 4) is 0 Å². The third-order valence-corrected chi connectivity index (χ3v) is 3.67. The maximum atomic E-state index is 12.3. The summed E-state index contributed by atoms with van der Waals surface area (Å²) in [5, 5.41) is 5.51. The van der Waals surface area contributed by atoms with Gasteiger partial charge in [0.15, 0.2) is 0 Å². The number of nitrogens with one attached hydrogen (secondary N) is 2. The van der Waals surface area contributed by atoms with E-state index in [1.807, 2.05) is 48.5 Å². The number of amides is 2. The number of aromatic nitrogens is 1. The molecule has 1 unspecified atom stereocenters. The number of hydrogen-bond acceptors (Lipinski definition) is 4. The standard InChI is InChI=1S/C19H24N4O2/c1-19(2,20)18(25)22-13-17(24)23-16(14-8-4-3-5-9-14)12-15-10-6-7-11-21-15/h3-11,16H,12-13,20H2,1-2H3,(H,22,25)(H,23,24). The molecule has 25 heavy (non-hydrogen) atoms. The van der Waals surface area contributed by atoms with E-state index in [2.05, 4.69) is 15.6 Å². The van der Waals surface area contributed by atoms with Crippen LogP contribution in [0.3, 0.4) is 0 Å². The third kappa shape index (κ3) is 6.00. The molecule has 0 radical (unpaired) electrons. The lowest BCUT2D eigenvalue weighted by Crippen LogP contribution is -2.51. The van der Waals surface area contributed by atoms with Crippen molar-refractivity contribution in [3.05, 3.63) is 66.0 Å². The summed E-state index contributed by atoms with van der Waals surface area (Å²) >= 11 is 0. The van der Waals surface area contributed by atoms with Gasteiger partial charge in [0.2, 0.25) is 11.8 Å². The van der Waals surface area contributed by atoms with E-state index in [1.165, 1.54) is 0 Å². The van der Waals surface area contributed by atoms with Crippen molar-refractivity contribution in [1.82, 2.24) is 15.6 Å². The molecular weight excluding hydrogens is 316 g/mol. The van der Waals surface area contributed by atoms with Crippen LogP contribution in [0.15, 0.2) is 54.7 Å². The van der Waals surface area contributed by atoms with Crippen molar-refractivity contribution in [1.29, 1.82) is 0 Å². The molecule has 0 spiro atoms. The summed E-state index contributed by atoms with van der Waals surface area (Å²) in [6.07, 6.45) is 2.29. The molecule has 6 nitrogen and oxygen atoms in total. The number of carbonyl (C=O) groups is 2. The fourth-order valence-electron chi connectivity index (χ4n) is 2.30. The number of hydrogen-bond donors (Lipinski definition) is 3. The molecule has 1 atom stereocenters. The Labute approximate surface area is 147 Å². The zero-order chi connectivity index (χ0) is 18.3. The summed E-state index contributed by atoms with van der Waals surface area (Å²) in [7, 11) is 0. The summed E-state index contributed by atoms with van der Waals surface area (Å²) in [4.78, 5) is 28.4. The van der Waals surface area contributed by atoms with Crippen molar-refractivity contribution < 1.29 is 9.59 Å². The first-order valence-electron chi connectivity index (χ1n) is 8.17. The number of pyridine rings is 1. The van der Waals surface area contributed by atoms with Gasteiger partial charge < -0.3 is 16.4 Å². The Bertz CT molecular complexity index is 696. The molecule has 0 fully saturated rings. The fourth-order valence-corrected chi connectivity index (χ4v) is 2.30. The first-order valence-corrected chi connectivity index (χ1v) is 8.17. The predicted molar refractivity (Wildman–Crippen MR) is 96.5 cm³/mol. The normalized spacial score (nSPS) is 12.3. The fraction of sp³-hybridized carbons (Fsp3) is 0.316. The Morgan fingerprint density at radius 1 is 1.12 bits per heavy atom. The van der Waals surface area contributed by atoms with Crippen molar-refractivity contribution >= 4 is 11.8 Å². The Kier molecular flexibility index (Phi) is 6.25. The zero-order valence-electron chi connectivity index (χ0n) is 14.5. The monoisotopic (exact) mass is 340 g/mol. The van der Waals surface area contributed by atoms with Crippen LogP contribution in [0.2, 0.25) is 0 Å². The van der Waals surface area contributed by atoms with Gasteiger partial charge in [0.1, 0.15) is 0 Å². The van der Waals surface area contributed by atoms with Crippen LogP contribution in [0.5, 0.6) is 0 Å². The summed E-state index contributed by atoms with van der Waals surface area (Å²) in [6, 6.07) is 15.1. The zero-order valence-corrected chi connectivity index (χ0v) is 14.5. The number of nitrogens with two attached hydrogens (primary N) is 1. The lowest BCUT2D eigenvalue weighted by molar-refractivity contribution is -0.128. The molecule has 132 valence electrons. The molecule has 2 aromatic rings. The summed E-state index contributed by atoms with van der Waals surface area (Å²) in [5.41, 5.74) is 6.54. The molecule has 1 heterocycles. The Balaban J connectivity index is 2.03. The van der Waals surface area contributed by atoms with Gasteiger partial charge >= 0.3 is 0 Å². The van der Waals surface area contributed by atoms with Crippen LogP contribution in [-0.4, -0.2) is 28.9 Å². The molecule has 6 heteroatoms. The van der Waals surface area contributed by atoms with Crippen LogP contribution in [0.1, 0.15) is 31.1 Å². The molecule has 0 aliphatic rings. The quantitative estimate of drug-likeness (QED) is 0.708. The van der Waals surface area contributed by atoms with Gasteiger partial charge in [0.05, 0.1) is 18.1 Å². The third-order valence-electron chi connectivity index (χ3n) is 3.67. The van der Waals surface area contributed by atoms with Gasteiger partial charge in [-0.1, -0.05) is 36.4 Å². The first kappa shape index (κ1) is 18.6. The molecule has 2 amide bonds. The molecule has 0 bridgehead atoms. The lowest BCUT2D eigenvalue weighted by Gasteiger charge is -2.21. The van der Waals surface area contributed by atoms with Crippen molar-refractivity contribution in [2.45, 2.75) is 31.8 Å². The second kappa shape index (κ2) is 8.39. The van der Waals surface area contributed by atoms with Crippen LogP contribution < -0.4 is 16.4 Å². The summed E-state index contributed by atoms with van der Waals surface area (Å²) in [5.74, 6) is -0.647. The van der Waals surface area contributed by atoms with Crippen LogP contribution in [0.4, 0.5) is 0 Å². The minimum Gasteiger partial charge on any atom is -0.347 e. The van der Waals surface area contributed by atoms with Gasteiger partial charge in [-0.3, -0.25) is 14.6 Å². The summed E-state index contributed by atoms with van der Waals surface area (Å²) in [6.45, 7) is 3.06. The molecule has 0 saturated heterocycles. The molecule has 2 rings (SSSR count). The van der Waals surface area contributed by atoms with Crippen LogP contribution in [-0.2, 0) is 16.0 Å². The van der Waals surface area contributed by atoms with E-state index in [-0.39, 0.29) is 24.4 Å². The van der Waals surface area contributed by atoms with E-state index in [9.17, 15) is 9.59 Å². The van der Waals surface area contributed by atoms with E-state index < -0.39 is 5.54 Å². The smallest absolute Gasteiger partial charge is 0.239 e. The maximum absolute atomic E-state index is 12.3. The second-order valence-corrected chi connectivity index (χ2v) is 6.46. The molecule has 0 aliphatic carbocycles. The van der Waals surface area contributed by atoms with Crippen LogP contribution in [0, 0.1) is 0 Å². The highest BCUT2D eigenvalue weighted by Crippen LogP contribution is 2.17. The van der Waals surface area contributed by atoms with Crippen molar-refractivity contribution in [2.75, 3.05) is 6.54 Å². The molecule has 0 aliphatic heterocycles. The van der Waals surface area contributed by atoms with Crippen molar-refractivity contribution in [3.63, 3.8) is 0 Å². The number of nitrogens with zero attached hydrogens (tertiary/aromatic N) is 1. The highest BCUT2D eigenvalue weighted by atomic mass is 16.2. The van der Waals surface area contributed by atoms with E-state index in [0.29, 0.717) is 6.42 Å². The van der Waals surface area contributed by atoms with E-state index in [1.54, 1.807) is 20.0 Å². The lowest BCUT2D eigenvalue weighted by atomic mass is 10.0. The average Bonchev–Trinajstić information content (AvgIpc) is 2.60. The number of rotatable bonds is 7. The average molecular weight is 340 g/mol. The number of carbonyl (C=O) groups excluding carboxylic acids is 2. The first-order chi connectivity index (χ1) is 11.9. The Morgan fingerprint density at radius 3 is 2.40 bits per heavy atom. The van der Waals surface area contributed by atoms with Crippen molar-refractivity contribution in [2.24, 2.45) is 5.73 Å². The van der Waals surface area contributed by atoms with Gasteiger partial charge in [-0.15, -0.1) is 0 Å². The van der Waals surface area contributed by atoms with Crippen LogP contribution >= 0.6 is 0 Å². The highest BCUT2D eigenvalue weighted by Gasteiger charge is 2.23. The Hall–Kier alpha value is -2.73. The predicted octanol–water partition coefficient (Wildman–Crippen LogP) is 1.34. The second-order valence-electron chi connectivity index (χ2n) is 6.46. The molecule has 1 aromatic heterocycles. The molecule has 1 aromatic carbocycles. The largest absolute Gasteiger partial charge is 0.347 e. The highest BCUT2D eigenvalue weighted by molar-refractivity contribution is 5.89. The van der Waals surface area contributed by atoms with E-state index in [4.69, 9.17) is 5.73 Å². The van der Waals surface area contributed by atoms with Gasteiger partial charge in [0.25, 0.3) is 0 Å². The molecular formula is C19H24N4O2. The molecule has 4 N–H and O–H groups in total. The number of benzene rings is 1. The SMILES string of the molecule is CC(C)(N)C(=O)NCC(=O)NC(Cc1ccccn1)c1ccccc1. The topological polar surface area (TPSA) is 97.1 Å². The van der Waals surface area contributed by atoms with E-state index in [0.717, 1.165) is 11.3 Å². The van der Waals surface area contributed by atoms with Gasteiger partial charge in [-0.2, -0.15) is 0 Å². The minimum atomic E-state index is -1.02. The molecule has 0 saturated carbocycles. The van der Waals surface area contributed by atoms with Crippen LogP contribution in [0.25, 0.3) is 0 Å². The van der Waals surface area contributed by atoms with E-state index >= 15 is 0 Å². The Morgan fingerprint density at radius 2 is 1.80 bits per heavy atom. The summed E-state index contributed by atoms with van der Waals surface area (Å²) < 4.78 is 0. The maximum Gasteiger partial charge on any atom is 0.239 e. The minimum absolute atomic E-state index is 0.120. The van der Waals surface area contributed by atoms with Gasteiger partial charge in [-0.05, 0) is 31.5 Å². The van der Waals surface area contributed by atoms with Gasteiger partial charge in [0, 0.05) is 18.3 Å².